The Balaban J connectivity index is 1.29. The number of allylic oxidation sites excluding steroid dienone is 1. The van der Waals surface area contributed by atoms with Crippen LogP contribution in [0.1, 0.15) is 125 Å². The van der Waals surface area contributed by atoms with Crippen molar-refractivity contribution in [3.63, 3.8) is 0 Å². The van der Waals surface area contributed by atoms with Gasteiger partial charge in [0.15, 0.2) is 0 Å². The topological polar surface area (TPSA) is 112 Å². The third-order valence-corrected chi connectivity index (χ3v) is 11.9. The Morgan fingerprint density at radius 2 is 1.85 bits per heavy atom. The van der Waals surface area contributed by atoms with Crippen molar-refractivity contribution in [2.75, 3.05) is 6.54 Å². The molecule has 0 bridgehead atoms. The summed E-state index contributed by atoms with van der Waals surface area (Å²) in [4.78, 5) is 12.5. The number of amidine groups is 1. The van der Waals surface area contributed by atoms with Gasteiger partial charge in [0.1, 0.15) is 6.10 Å². The van der Waals surface area contributed by atoms with Gasteiger partial charge < -0.3 is 21.2 Å². The van der Waals surface area contributed by atoms with Crippen LogP contribution in [-0.2, 0) is 4.74 Å². The first kappa shape index (κ1) is 31.1. The predicted molar refractivity (Wildman–Crippen MR) is 165 cm³/mol. The van der Waals surface area contributed by atoms with Gasteiger partial charge in [-0.15, -0.1) is 0 Å². The average Bonchev–Trinajstić information content (AvgIpc) is 3.23. The van der Waals surface area contributed by atoms with Crippen LogP contribution in [0.3, 0.4) is 0 Å². The minimum Gasteiger partial charge on any atom is -0.446 e. The lowest BCUT2D eigenvalue weighted by molar-refractivity contribution is -0.0581. The number of nitrogens with one attached hydrogen (secondary N) is 3. The Hall–Kier alpha value is -1.85. The largest absolute Gasteiger partial charge is 0.446 e. The molecule has 40 heavy (non-hydrogen) atoms. The molecular formula is C34H58N4O2. The number of hydrogen-bond acceptors (Lipinski definition) is 4. The van der Waals surface area contributed by atoms with Gasteiger partial charge in [-0.05, 0) is 104 Å². The Bertz CT molecular complexity index is 960. The minimum atomic E-state index is -0.339. The first-order chi connectivity index (χ1) is 18.9. The summed E-state index contributed by atoms with van der Waals surface area (Å²) >= 11 is 0. The van der Waals surface area contributed by atoms with E-state index >= 15 is 0 Å². The number of amides is 1. The molecule has 1 amide bonds. The van der Waals surface area contributed by atoms with E-state index in [2.05, 4.69) is 46.0 Å². The van der Waals surface area contributed by atoms with Gasteiger partial charge in [0, 0.05) is 25.1 Å². The second-order valence-electron chi connectivity index (χ2n) is 14.9. The highest BCUT2D eigenvalue weighted by molar-refractivity contribution is 5.99. The Labute approximate surface area is 244 Å². The number of carbonyl (C=O) groups is 1. The summed E-state index contributed by atoms with van der Waals surface area (Å²) in [7, 11) is 0. The van der Waals surface area contributed by atoms with Crippen LogP contribution in [0, 0.1) is 57.2 Å². The van der Waals surface area contributed by atoms with E-state index in [9.17, 15) is 4.79 Å². The summed E-state index contributed by atoms with van der Waals surface area (Å²) in [5, 5.41) is 18.0. The van der Waals surface area contributed by atoms with Gasteiger partial charge in [-0.3, -0.25) is 5.41 Å². The zero-order valence-corrected chi connectivity index (χ0v) is 26.1. The van der Waals surface area contributed by atoms with Crippen molar-refractivity contribution >= 4 is 17.6 Å². The number of rotatable bonds is 12. The summed E-state index contributed by atoms with van der Waals surface area (Å²) < 4.78 is 5.87. The van der Waals surface area contributed by atoms with E-state index in [1.54, 1.807) is 5.57 Å². The van der Waals surface area contributed by atoms with Gasteiger partial charge in [-0.25, -0.2) is 4.79 Å². The summed E-state index contributed by atoms with van der Waals surface area (Å²) in [6.07, 6.45) is 17.6. The molecule has 3 saturated carbocycles. The van der Waals surface area contributed by atoms with Crippen LogP contribution in [0.25, 0.3) is 0 Å². The molecule has 6 nitrogen and oxygen atoms in total. The Morgan fingerprint density at radius 1 is 1.07 bits per heavy atom. The molecule has 0 aromatic rings. The van der Waals surface area contributed by atoms with Gasteiger partial charge >= 0.3 is 6.09 Å². The molecule has 4 aliphatic rings. The number of alkyl carbamates (subject to hydrolysis) is 1. The minimum absolute atomic E-state index is 0.0156. The van der Waals surface area contributed by atoms with Gasteiger partial charge in [-0.1, -0.05) is 65.5 Å². The molecule has 5 N–H and O–H groups in total. The number of carbonyl (C=O) groups excluding carboxylic acids is 1. The summed E-state index contributed by atoms with van der Waals surface area (Å²) in [5.41, 5.74) is 8.12. The number of ether oxygens (including phenoxy) is 1. The number of fused-ring (bicyclic) bond motifs is 5. The van der Waals surface area contributed by atoms with Crippen molar-refractivity contribution in [3.05, 3.63) is 11.6 Å². The highest BCUT2D eigenvalue weighted by atomic mass is 16.6. The summed E-state index contributed by atoms with van der Waals surface area (Å²) in [6, 6.07) is 0. The third-order valence-electron chi connectivity index (χ3n) is 11.9. The molecule has 4 rings (SSSR count). The van der Waals surface area contributed by atoms with Gasteiger partial charge in [0.2, 0.25) is 0 Å². The Kier molecular flexibility index (Phi) is 10.1. The van der Waals surface area contributed by atoms with Crippen LogP contribution >= 0.6 is 0 Å². The van der Waals surface area contributed by atoms with Crippen molar-refractivity contribution in [3.8, 4) is 0 Å². The van der Waals surface area contributed by atoms with E-state index in [1.807, 2.05) is 0 Å². The Morgan fingerprint density at radius 3 is 2.58 bits per heavy atom. The van der Waals surface area contributed by atoms with Gasteiger partial charge in [-0.2, -0.15) is 0 Å². The van der Waals surface area contributed by atoms with Crippen LogP contribution in [0.2, 0.25) is 0 Å². The molecule has 0 aromatic carbocycles. The molecule has 3 fully saturated rings. The second-order valence-corrected chi connectivity index (χ2v) is 14.9. The lowest BCUT2D eigenvalue weighted by atomic mass is 9.47. The molecule has 6 heteroatoms. The maximum Gasteiger partial charge on any atom is 0.407 e. The van der Waals surface area contributed by atoms with Crippen molar-refractivity contribution in [1.82, 2.24) is 5.32 Å². The standard InChI is InChI=1S/C34H58N4O2/c1-22(2)8-6-9-23(3)28-13-14-29-27-12-11-24-20-26(15-17-33(24,4)30(27)16-18-34(28,29)5)40-32(39)38-19-7-10-25(35)21-31(36)37/h11,22-23,26-30,35H,6-10,12-21H2,1-5H3,(H3,36,37)(H,38,39)/t23-,26+,27+,28-,29+,30+,33+,34-/m1/s1. The molecule has 0 unspecified atom stereocenters. The summed E-state index contributed by atoms with van der Waals surface area (Å²) in [6.45, 7) is 13.0. The van der Waals surface area contributed by atoms with E-state index < -0.39 is 0 Å². The number of nitrogens with two attached hydrogens (primary N) is 1. The molecule has 0 aromatic heterocycles. The van der Waals surface area contributed by atoms with Gasteiger partial charge in [0.05, 0.1) is 5.84 Å². The molecular weight excluding hydrogens is 496 g/mol. The molecule has 0 saturated heterocycles. The molecule has 0 aliphatic heterocycles. The van der Waals surface area contributed by atoms with E-state index in [-0.39, 0.29) is 29.9 Å². The fourth-order valence-corrected chi connectivity index (χ4v) is 9.76. The first-order valence-electron chi connectivity index (χ1n) is 16.5. The molecule has 0 heterocycles. The number of hydrogen-bond donors (Lipinski definition) is 4. The third kappa shape index (κ3) is 6.78. The van der Waals surface area contributed by atoms with E-state index in [1.165, 1.54) is 51.4 Å². The molecule has 226 valence electrons. The van der Waals surface area contributed by atoms with Crippen LogP contribution in [0.15, 0.2) is 11.6 Å². The predicted octanol–water partition coefficient (Wildman–Crippen LogP) is 8.25. The summed E-state index contributed by atoms with van der Waals surface area (Å²) in [5.74, 6) is 5.05. The van der Waals surface area contributed by atoms with E-state index in [0.717, 1.165) is 54.8 Å². The van der Waals surface area contributed by atoms with Gasteiger partial charge in [0.25, 0.3) is 0 Å². The quantitative estimate of drug-likeness (QED) is 0.0843. The van der Waals surface area contributed by atoms with Crippen molar-refractivity contribution in [2.24, 2.45) is 52.1 Å². The molecule has 4 aliphatic carbocycles. The highest BCUT2D eigenvalue weighted by Gasteiger charge is 2.59. The molecule has 0 radical (unpaired) electrons. The highest BCUT2D eigenvalue weighted by Crippen LogP contribution is 2.67. The average molecular weight is 555 g/mol. The molecule has 0 spiro atoms. The lowest BCUT2D eigenvalue weighted by Gasteiger charge is -2.58. The SMILES string of the molecule is CC(C)CCC[C@@H](C)[C@H]1CC[C@H]2[C@@H]3CC=C4C[C@@H](OC(=O)NCCCC(=N)CC(=N)N)CC[C@]4(C)[C@H]3CC[C@]12C. The fraction of sp³-hybridized carbons (Fsp3) is 0.853. The van der Waals surface area contributed by atoms with E-state index in [4.69, 9.17) is 21.3 Å². The van der Waals surface area contributed by atoms with Crippen molar-refractivity contribution < 1.29 is 9.53 Å². The lowest BCUT2D eigenvalue weighted by Crippen LogP contribution is -2.51. The van der Waals surface area contributed by atoms with E-state index in [0.29, 0.717) is 30.5 Å². The fourth-order valence-electron chi connectivity index (χ4n) is 9.76. The van der Waals surface area contributed by atoms with Crippen LogP contribution < -0.4 is 11.1 Å². The zero-order chi connectivity index (χ0) is 29.1. The normalized spacial score (nSPS) is 35.6. The van der Waals surface area contributed by atoms with Crippen molar-refractivity contribution in [2.45, 2.75) is 131 Å². The van der Waals surface area contributed by atoms with Crippen LogP contribution in [0.5, 0.6) is 0 Å². The maximum atomic E-state index is 12.5. The monoisotopic (exact) mass is 554 g/mol. The molecule has 8 atom stereocenters. The maximum absolute atomic E-state index is 12.5. The van der Waals surface area contributed by atoms with Crippen molar-refractivity contribution in [1.29, 1.82) is 10.8 Å². The zero-order valence-electron chi connectivity index (χ0n) is 26.1. The smallest absolute Gasteiger partial charge is 0.407 e. The second kappa shape index (κ2) is 13.0. The first-order valence-corrected chi connectivity index (χ1v) is 16.5. The van der Waals surface area contributed by atoms with Crippen LogP contribution in [-0.4, -0.2) is 30.3 Å². The van der Waals surface area contributed by atoms with Crippen LogP contribution in [0.4, 0.5) is 4.79 Å².